The van der Waals surface area contributed by atoms with Crippen molar-refractivity contribution in [3.05, 3.63) is 66.0 Å². The van der Waals surface area contributed by atoms with Crippen molar-refractivity contribution in [2.75, 3.05) is 13.6 Å². The van der Waals surface area contributed by atoms with E-state index in [2.05, 4.69) is 23.0 Å². The first-order chi connectivity index (χ1) is 11.6. The number of aliphatic carboxylic acids is 1. The van der Waals surface area contributed by atoms with Crippen LogP contribution >= 0.6 is 0 Å². The van der Waals surface area contributed by atoms with Crippen LogP contribution in [0.1, 0.15) is 30.0 Å². The Hall–Kier alpha value is -2.24. The molecular weight excluding hydrogens is 302 g/mol. The molecule has 0 bridgehead atoms. The summed E-state index contributed by atoms with van der Waals surface area (Å²) in [7, 11) is 2.19. The molecule has 2 atom stereocenters. The minimum atomic E-state index is -0.959. The molecule has 2 unspecified atom stereocenters. The van der Waals surface area contributed by atoms with Crippen molar-refractivity contribution in [2.45, 2.75) is 31.3 Å². The second-order valence-corrected chi connectivity index (χ2v) is 6.06. The van der Waals surface area contributed by atoms with Crippen LogP contribution in [0, 0.1) is 0 Å². The zero-order valence-electron chi connectivity index (χ0n) is 14.0. The van der Waals surface area contributed by atoms with Crippen LogP contribution < -0.4 is 5.73 Å². The fourth-order valence-corrected chi connectivity index (χ4v) is 2.86. The second kappa shape index (κ2) is 9.15. The van der Waals surface area contributed by atoms with Gasteiger partial charge in [0.25, 0.3) is 0 Å². The first kappa shape index (κ1) is 18.1. The summed E-state index contributed by atoms with van der Waals surface area (Å²) in [5.74, 6) is -0.959. The van der Waals surface area contributed by atoms with Gasteiger partial charge in [0.15, 0.2) is 0 Å². The van der Waals surface area contributed by atoms with Gasteiger partial charge in [-0.1, -0.05) is 36.4 Å². The standard InChI is InChI=1S/C10H14N2.C9H11NO2/c1-12-7-3-5-10(12)9-4-2-6-11-8-9;10-8(9(11)12)6-7-4-2-1-3-5-7/h2,4,6,8,10H,3,5,7H2,1H3;1-5,8H,6,10H2,(H,11,12). The quantitative estimate of drug-likeness (QED) is 0.902. The highest BCUT2D eigenvalue weighted by molar-refractivity contribution is 5.73. The molecule has 0 amide bonds. The lowest BCUT2D eigenvalue weighted by molar-refractivity contribution is -0.138. The minimum Gasteiger partial charge on any atom is -0.480 e. The van der Waals surface area contributed by atoms with E-state index in [1.807, 2.05) is 48.8 Å². The number of carboxylic acid groups (broad SMARTS) is 1. The van der Waals surface area contributed by atoms with E-state index in [4.69, 9.17) is 10.8 Å². The van der Waals surface area contributed by atoms with Crippen molar-refractivity contribution in [1.82, 2.24) is 9.88 Å². The fraction of sp³-hybridized carbons (Fsp3) is 0.368. The summed E-state index contributed by atoms with van der Waals surface area (Å²) >= 11 is 0. The molecule has 2 heterocycles. The first-order valence-corrected chi connectivity index (χ1v) is 8.20. The third kappa shape index (κ3) is 5.44. The van der Waals surface area contributed by atoms with Gasteiger partial charge >= 0.3 is 5.97 Å². The number of nitrogens with two attached hydrogens (primary N) is 1. The monoisotopic (exact) mass is 327 g/mol. The van der Waals surface area contributed by atoms with Crippen LogP contribution in [-0.2, 0) is 11.2 Å². The van der Waals surface area contributed by atoms with Crippen molar-refractivity contribution >= 4 is 5.97 Å². The summed E-state index contributed by atoms with van der Waals surface area (Å²) in [5.41, 5.74) is 7.66. The van der Waals surface area contributed by atoms with E-state index in [0.717, 1.165) is 5.56 Å². The first-order valence-electron chi connectivity index (χ1n) is 8.20. The third-order valence-corrected chi connectivity index (χ3v) is 4.21. The zero-order valence-corrected chi connectivity index (χ0v) is 14.0. The molecule has 0 spiro atoms. The molecule has 0 saturated carbocycles. The number of benzene rings is 1. The fourth-order valence-electron chi connectivity index (χ4n) is 2.86. The number of likely N-dealkylation sites (tertiary alicyclic amines) is 1. The van der Waals surface area contributed by atoms with Crippen molar-refractivity contribution in [3.63, 3.8) is 0 Å². The van der Waals surface area contributed by atoms with E-state index in [1.54, 1.807) is 0 Å². The molecule has 1 fully saturated rings. The number of pyridine rings is 1. The average molecular weight is 327 g/mol. The summed E-state index contributed by atoms with van der Waals surface area (Å²) in [6.45, 7) is 1.22. The van der Waals surface area contributed by atoms with E-state index in [9.17, 15) is 4.79 Å². The van der Waals surface area contributed by atoms with Gasteiger partial charge in [0.2, 0.25) is 0 Å². The van der Waals surface area contributed by atoms with Crippen LogP contribution in [0.3, 0.4) is 0 Å². The normalized spacial score (nSPS) is 18.5. The van der Waals surface area contributed by atoms with E-state index < -0.39 is 12.0 Å². The molecule has 1 aliphatic heterocycles. The molecule has 128 valence electrons. The number of carbonyl (C=O) groups is 1. The Bertz CT molecular complexity index is 619. The maximum atomic E-state index is 10.4. The lowest BCUT2D eigenvalue weighted by Crippen LogP contribution is -2.32. The SMILES string of the molecule is CN1CCCC1c1cccnc1.NC(Cc1ccccc1)C(=O)O. The van der Waals surface area contributed by atoms with Crippen LogP contribution in [0.25, 0.3) is 0 Å². The zero-order chi connectivity index (χ0) is 17.4. The predicted octanol–water partition coefficient (Wildman–Crippen LogP) is 2.49. The molecule has 24 heavy (non-hydrogen) atoms. The number of hydrogen-bond acceptors (Lipinski definition) is 4. The average Bonchev–Trinajstić information content (AvgIpc) is 3.03. The Labute approximate surface area is 143 Å². The van der Waals surface area contributed by atoms with Gasteiger partial charge in [-0.2, -0.15) is 0 Å². The largest absolute Gasteiger partial charge is 0.480 e. The third-order valence-electron chi connectivity index (χ3n) is 4.21. The van der Waals surface area contributed by atoms with Crippen LogP contribution in [0.2, 0.25) is 0 Å². The van der Waals surface area contributed by atoms with Crippen molar-refractivity contribution in [1.29, 1.82) is 0 Å². The lowest BCUT2D eigenvalue weighted by Gasteiger charge is -2.18. The van der Waals surface area contributed by atoms with Gasteiger partial charge in [-0.05, 0) is 50.0 Å². The van der Waals surface area contributed by atoms with Gasteiger partial charge in [0, 0.05) is 18.4 Å². The number of nitrogens with zero attached hydrogens (tertiary/aromatic N) is 2. The van der Waals surface area contributed by atoms with Crippen molar-refractivity contribution < 1.29 is 9.90 Å². The van der Waals surface area contributed by atoms with Crippen molar-refractivity contribution in [3.8, 4) is 0 Å². The van der Waals surface area contributed by atoms with E-state index >= 15 is 0 Å². The predicted molar refractivity (Wildman–Crippen MR) is 94.6 cm³/mol. The van der Waals surface area contributed by atoms with Crippen molar-refractivity contribution in [2.24, 2.45) is 5.73 Å². The smallest absolute Gasteiger partial charge is 0.320 e. The molecule has 3 rings (SSSR count). The van der Waals surface area contributed by atoms with Crippen LogP contribution in [0.5, 0.6) is 0 Å². The Morgan fingerprint density at radius 1 is 1.33 bits per heavy atom. The number of carboxylic acids is 1. The Balaban J connectivity index is 0.000000174. The lowest BCUT2D eigenvalue weighted by atomic mass is 10.1. The Morgan fingerprint density at radius 2 is 2.08 bits per heavy atom. The molecule has 5 nitrogen and oxygen atoms in total. The maximum Gasteiger partial charge on any atom is 0.320 e. The summed E-state index contributed by atoms with van der Waals surface area (Å²) < 4.78 is 0. The van der Waals surface area contributed by atoms with Gasteiger partial charge in [-0.15, -0.1) is 0 Å². The summed E-state index contributed by atoms with van der Waals surface area (Å²) in [6, 6.07) is 13.3. The highest BCUT2D eigenvalue weighted by atomic mass is 16.4. The molecular formula is C19H25N3O2. The highest BCUT2D eigenvalue weighted by Crippen LogP contribution is 2.29. The Kier molecular flexibility index (Phi) is 6.90. The van der Waals surface area contributed by atoms with E-state index in [1.165, 1.54) is 24.9 Å². The summed E-state index contributed by atoms with van der Waals surface area (Å²) in [6.07, 6.45) is 6.79. The molecule has 1 aliphatic rings. The minimum absolute atomic E-state index is 0.385. The van der Waals surface area contributed by atoms with E-state index in [-0.39, 0.29) is 0 Å². The molecule has 1 aromatic carbocycles. The van der Waals surface area contributed by atoms with Gasteiger partial charge < -0.3 is 10.8 Å². The molecule has 5 heteroatoms. The molecule has 0 radical (unpaired) electrons. The molecule has 2 aromatic rings. The topological polar surface area (TPSA) is 79.5 Å². The summed E-state index contributed by atoms with van der Waals surface area (Å²) in [4.78, 5) is 16.9. The van der Waals surface area contributed by atoms with Crippen LogP contribution in [-0.4, -0.2) is 40.6 Å². The number of hydrogen-bond donors (Lipinski definition) is 2. The van der Waals surface area contributed by atoms with Gasteiger partial charge in [-0.25, -0.2) is 0 Å². The molecule has 0 aliphatic carbocycles. The van der Waals surface area contributed by atoms with E-state index in [0.29, 0.717) is 12.5 Å². The molecule has 1 aromatic heterocycles. The van der Waals surface area contributed by atoms with Crippen LogP contribution in [0.4, 0.5) is 0 Å². The molecule has 1 saturated heterocycles. The summed E-state index contributed by atoms with van der Waals surface area (Å²) in [5, 5.41) is 8.52. The second-order valence-electron chi connectivity index (χ2n) is 6.06. The highest BCUT2D eigenvalue weighted by Gasteiger charge is 2.21. The van der Waals surface area contributed by atoms with Gasteiger partial charge in [0.05, 0.1) is 0 Å². The molecule has 3 N–H and O–H groups in total. The van der Waals surface area contributed by atoms with Gasteiger partial charge in [-0.3, -0.25) is 14.7 Å². The van der Waals surface area contributed by atoms with Gasteiger partial charge in [0.1, 0.15) is 6.04 Å². The maximum absolute atomic E-state index is 10.4. The Morgan fingerprint density at radius 3 is 2.62 bits per heavy atom. The van der Waals surface area contributed by atoms with Crippen LogP contribution in [0.15, 0.2) is 54.9 Å². The number of aromatic nitrogens is 1. The number of rotatable bonds is 4.